The molecule has 182 valence electrons. The van der Waals surface area contributed by atoms with Gasteiger partial charge in [-0.15, -0.1) is 0 Å². The Balaban J connectivity index is 3.41. The zero-order valence-corrected chi connectivity index (χ0v) is 18.9. The highest BCUT2D eigenvalue weighted by Crippen LogP contribution is 2.33. The zero-order valence-electron chi connectivity index (χ0n) is 18.9. The lowest BCUT2D eigenvalue weighted by atomic mass is 9.92. The van der Waals surface area contributed by atoms with E-state index < -0.39 is 66.7 Å². The Labute approximate surface area is 185 Å². The van der Waals surface area contributed by atoms with Crippen molar-refractivity contribution in [3.8, 4) is 0 Å². The van der Waals surface area contributed by atoms with Gasteiger partial charge in [0.25, 0.3) is 0 Å². The largest absolute Gasteiger partial charge is 0.463 e. The molecule has 1 fully saturated rings. The van der Waals surface area contributed by atoms with E-state index in [2.05, 4.69) is 5.32 Å². The highest BCUT2D eigenvalue weighted by molar-refractivity contribution is 6.35. The van der Waals surface area contributed by atoms with Crippen LogP contribution in [0.25, 0.3) is 0 Å². The molecule has 0 aromatic rings. The van der Waals surface area contributed by atoms with Crippen molar-refractivity contribution in [3.05, 3.63) is 0 Å². The maximum atomic E-state index is 12.6. The average Bonchev–Trinajstić information content (AvgIpc) is 2.70. The first-order chi connectivity index (χ1) is 14.9. The van der Waals surface area contributed by atoms with E-state index in [9.17, 15) is 29.1 Å². The molecule has 13 nitrogen and oxygen atoms in total. The molecule has 0 unspecified atom stereocenters. The van der Waals surface area contributed by atoms with Gasteiger partial charge in [-0.25, -0.2) is 0 Å². The third kappa shape index (κ3) is 6.61. The van der Waals surface area contributed by atoms with Gasteiger partial charge in [-0.1, -0.05) is 0 Å². The first-order valence-corrected chi connectivity index (χ1v) is 9.90. The van der Waals surface area contributed by atoms with E-state index in [0.29, 0.717) is 0 Å². The normalized spacial score (nSPS) is 27.1. The fourth-order valence-corrected chi connectivity index (χ4v) is 3.17. The molecular weight excluding hydrogens is 432 g/mol. The summed E-state index contributed by atoms with van der Waals surface area (Å²) in [5.74, 6) is -4.62. The minimum atomic E-state index is -2.65. The van der Waals surface area contributed by atoms with Crippen LogP contribution in [0.2, 0.25) is 0 Å². The van der Waals surface area contributed by atoms with E-state index in [4.69, 9.17) is 23.7 Å². The lowest BCUT2D eigenvalue weighted by molar-refractivity contribution is -0.344. The molecule has 0 aliphatic carbocycles. The van der Waals surface area contributed by atoms with Gasteiger partial charge in [0.2, 0.25) is 12.0 Å². The fraction of sp³-hybridized carbons (Fsp3) is 0.737. The van der Waals surface area contributed by atoms with Gasteiger partial charge < -0.3 is 39.0 Å². The lowest BCUT2D eigenvalue weighted by Gasteiger charge is -2.49. The number of esters is 3. The van der Waals surface area contributed by atoms with E-state index in [1.165, 1.54) is 4.90 Å². The highest BCUT2D eigenvalue weighted by Gasteiger charge is 2.61. The summed E-state index contributed by atoms with van der Waals surface area (Å²) in [4.78, 5) is 60.9. The number of hydrogen-bond donors (Lipinski definition) is 2. The topological polar surface area (TPSA) is 167 Å². The van der Waals surface area contributed by atoms with Crippen molar-refractivity contribution in [2.75, 3.05) is 26.8 Å². The van der Waals surface area contributed by atoms with Gasteiger partial charge in [-0.05, 0) is 13.8 Å². The van der Waals surface area contributed by atoms with Crippen LogP contribution in [0, 0.1) is 0 Å². The van der Waals surface area contributed by atoms with Crippen molar-refractivity contribution >= 4 is 29.7 Å². The summed E-state index contributed by atoms with van der Waals surface area (Å²) in [5, 5.41) is 13.4. The van der Waals surface area contributed by atoms with E-state index in [1.54, 1.807) is 13.8 Å². The second-order valence-electron chi connectivity index (χ2n) is 6.91. The molecule has 1 rings (SSSR count). The number of aliphatic hydroxyl groups is 1. The third-order valence-electron chi connectivity index (χ3n) is 4.57. The molecular formula is C19H30N2O11. The number of ether oxygens (including phenoxy) is 5. The van der Waals surface area contributed by atoms with E-state index in [0.717, 1.165) is 27.9 Å². The van der Waals surface area contributed by atoms with E-state index >= 15 is 0 Å². The van der Waals surface area contributed by atoms with Gasteiger partial charge in [0.15, 0.2) is 12.2 Å². The Kier molecular flexibility index (Phi) is 10.0. The fourth-order valence-electron chi connectivity index (χ4n) is 3.17. The van der Waals surface area contributed by atoms with Crippen LogP contribution in [-0.4, -0.2) is 96.9 Å². The maximum absolute atomic E-state index is 12.6. The van der Waals surface area contributed by atoms with Crippen LogP contribution in [0.4, 0.5) is 0 Å². The second-order valence-corrected chi connectivity index (χ2v) is 6.91. The molecule has 0 spiro atoms. The number of likely N-dealkylation sites (N-methyl/N-ethyl adjacent to an activating group) is 1. The van der Waals surface area contributed by atoms with Crippen molar-refractivity contribution in [1.82, 2.24) is 10.2 Å². The SMILES string of the molecule is CCN(CC)C(=O)C(=O)N[C@@]1(O)[C@@H](OC)O[C@H](COC(C)=O)[C@@H](OC(C)=O)[C@@H]1OC(C)=O. The number of nitrogens with zero attached hydrogens (tertiary/aromatic N) is 1. The molecule has 0 aromatic carbocycles. The lowest BCUT2D eigenvalue weighted by Crippen LogP contribution is -2.75. The summed E-state index contributed by atoms with van der Waals surface area (Å²) in [6.07, 6.45) is -6.26. The second kappa shape index (κ2) is 11.7. The van der Waals surface area contributed by atoms with Crippen LogP contribution in [0.5, 0.6) is 0 Å². The minimum absolute atomic E-state index is 0.222. The van der Waals surface area contributed by atoms with Gasteiger partial charge in [0.1, 0.15) is 12.7 Å². The minimum Gasteiger partial charge on any atom is -0.463 e. The van der Waals surface area contributed by atoms with Crippen LogP contribution in [-0.2, 0) is 47.7 Å². The van der Waals surface area contributed by atoms with Crippen LogP contribution in [0.3, 0.4) is 0 Å². The monoisotopic (exact) mass is 462 g/mol. The first-order valence-electron chi connectivity index (χ1n) is 9.90. The number of methoxy groups -OCH3 is 1. The molecule has 2 N–H and O–H groups in total. The molecule has 5 atom stereocenters. The molecule has 2 amide bonds. The number of hydrogen-bond acceptors (Lipinski definition) is 11. The molecule has 0 radical (unpaired) electrons. The molecule has 0 bridgehead atoms. The van der Waals surface area contributed by atoms with Crippen molar-refractivity contribution in [2.24, 2.45) is 0 Å². The standard InChI is InChI=1S/C19H30N2O11/c1-7-21(8-2)17(26)16(25)20-19(27)15(31-12(5)24)14(30-11(4)23)13(9-29-10(3)22)32-18(19)28-6/h13-15,18,27H,7-9H2,1-6H3,(H,20,25)/t13-,14-,15+,18+,19+/m1/s1. The van der Waals surface area contributed by atoms with Crippen LogP contribution in [0.1, 0.15) is 34.6 Å². The molecule has 0 saturated carbocycles. The Morgan fingerprint density at radius 1 is 1.00 bits per heavy atom. The predicted octanol–water partition coefficient (Wildman–Crippen LogP) is -1.54. The number of carbonyl (C=O) groups excluding carboxylic acids is 5. The Bertz CT molecular complexity index is 724. The quantitative estimate of drug-likeness (QED) is 0.186. The molecule has 1 aliphatic heterocycles. The molecule has 1 aliphatic rings. The number of nitrogens with one attached hydrogen (secondary N) is 1. The van der Waals surface area contributed by atoms with Crippen molar-refractivity contribution < 1.29 is 52.8 Å². The van der Waals surface area contributed by atoms with Gasteiger partial charge >= 0.3 is 29.7 Å². The summed E-state index contributed by atoms with van der Waals surface area (Å²) < 4.78 is 25.9. The Morgan fingerprint density at radius 3 is 2.00 bits per heavy atom. The molecule has 13 heteroatoms. The van der Waals surface area contributed by atoms with Crippen molar-refractivity contribution in [1.29, 1.82) is 0 Å². The smallest absolute Gasteiger partial charge is 0.311 e. The summed E-state index contributed by atoms with van der Waals surface area (Å²) >= 11 is 0. The van der Waals surface area contributed by atoms with E-state index in [-0.39, 0.29) is 13.1 Å². The summed E-state index contributed by atoms with van der Waals surface area (Å²) in [7, 11) is 1.12. The van der Waals surface area contributed by atoms with E-state index in [1.807, 2.05) is 0 Å². The van der Waals surface area contributed by atoms with Gasteiger partial charge in [-0.2, -0.15) is 0 Å². The molecule has 1 saturated heterocycles. The summed E-state index contributed by atoms with van der Waals surface area (Å²) in [6, 6.07) is 0. The van der Waals surface area contributed by atoms with Crippen molar-refractivity contribution in [3.63, 3.8) is 0 Å². The summed E-state index contributed by atoms with van der Waals surface area (Å²) in [5.41, 5.74) is -2.65. The van der Waals surface area contributed by atoms with Crippen molar-refractivity contribution in [2.45, 2.75) is 64.9 Å². The van der Waals surface area contributed by atoms with Gasteiger partial charge in [0.05, 0.1) is 0 Å². The summed E-state index contributed by atoms with van der Waals surface area (Å²) in [6.45, 7) is 6.51. The highest BCUT2D eigenvalue weighted by atomic mass is 16.7. The first kappa shape index (κ1) is 27.3. The predicted molar refractivity (Wildman–Crippen MR) is 104 cm³/mol. The van der Waals surface area contributed by atoms with Crippen LogP contribution in [0.15, 0.2) is 0 Å². The van der Waals surface area contributed by atoms with Gasteiger partial charge in [-0.3, -0.25) is 24.0 Å². The number of carbonyl (C=O) groups is 5. The average molecular weight is 462 g/mol. The zero-order chi connectivity index (χ0) is 24.6. The molecule has 1 heterocycles. The number of rotatable bonds is 8. The third-order valence-corrected chi connectivity index (χ3v) is 4.57. The Hall–Kier alpha value is -2.77. The van der Waals surface area contributed by atoms with Gasteiger partial charge in [0, 0.05) is 41.0 Å². The Morgan fingerprint density at radius 2 is 1.56 bits per heavy atom. The van der Waals surface area contributed by atoms with Crippen LogP contribution < -0.4 is 5.32 Å². The molecule has 0 aromatic heterocycles. The number of amides is 2. The van der Waals surface area contributed by atoms with Crippen LogP contribution >= 0.6 is 0 Å². The maximum Gasteiger partial charge on any atom is 0.311 e. The molecule has 32 heavy (non-hydrogen) atoms.